The van der Waals surface area contributed by atoms with Crippen LogP contribution in [-0.2, 0) is 24.8 Å². The first-order chi connectivity index (χ1) is 9.75. The van der Waals surface area contributed by atoms with E-state index in [1.807, 2.05) is 25.1 Å². The van der Waals surface area contributed by atoms with Crippen molar-refractivity contribution in [1.82, 2.24) is 0 Å². The van der Waals surface area contributed by atoms with E-state index in [4.69, 9.17) is 10.5 Å². The molecule has 5 nitrogen and oxygen atoms in total. The number of hydrogen-bond acceptors (Lipinski definition) is 5. The Labute approximate surface area is 126 Å². The molecule has 0 radical (unpaired) electrons. The van der Waals surface area contributed by atoms with Gasteiger partial charge >= 0.3 is 5.97 Å². The van der Waals surface area contributed by atoms with E-state index in [2.05, 4.69) is 0 Å². The fourth-order valence-corrected chi connectivity index (χ4v) is 2.96. The van der Waals surface area contributed by atoms with Gasteiger partial charge in [0, 0.05) is 12.8 Å². The molecule has 0 heterocycles. The predicted molar refractivity (Wildman–Crippen MR) is 82.9 cm³/mol. The summed E-state index contributed by atoms with van der Waals surface area (Å²) in [5, 5.41) is 0. The van der Waals surface area contributed by atoms with Gasteiger partial charge in [0.25, 0.3) is 0 Å². The molecule has 0 aliphatic rings. The van der Waals surface area contributed by atoms with Gasteiger partial charge in [0.05, 0.1) is 12.4 Å². The van der Waals surface area contributed by atoms with Crippen LogP contribution in [0.3, 0.4) is 0 Å². The summed E-state index contributed by atoms with van der Waals surface area (Å²) in [6, 6.07) is 7.38. The summed E-state index contributed by atoms with van der Waals surface area (Å²) in [4.78, 5) is 12.4. The lowest BCUT2D eigenvalue weighted by molar-refractivity contribution is -0.150. The number of carbonyl (C=O) groups excluding carboxylic acids is 1. The lowest BCUT2D eigenvalue weighted by Gasteiger charge is -2.30. The van der Waals surface area contributed by atoms with Crippen LogP contribution in [0.2, 0.25) is 0 Å². The predicted octanol–water partition coefficient (Wildman–Crippen LogP) is 1.19. The highest BCUT2D eigenvalue weighted by atomic mass is 32.2. The number of aryl methyl sites for hydroxylation is 1. The molecule has 1 atom stereocenters. The summed E-state index contributed by atoms with van der Waals surface area (Å²) in [6.45, 7) is 3.86. The van der Waals surface area contributed by atoms with E-state index >= 15 is 0 Å². The van der Waals surface area contributed by atoms with Gasteiger partial charge in [-0.25, -0.2) is 8.42 Å². The van der Waals surface area contributed by atoms with Crippen molar-refractivity contribution in [2.45, 2.75) is 25.7 Å². The Bertz CT molecular complexity index is 597. The maximum atomic E-state index is 12.4. The molecular weight excluding hydrogens is 290 g/mol. The van der Waals surface area contributed by atoms with Gasteiger partial charge in [0.1, 0.15) is 15.3 Å². The van der Waals surface area contributed by atoms with E-state index in [1.54, 1.807) is 13.0 Å². The van der Waals surface area contributed by atoms with Gasteiger partial charge in [-0.3, -0.25) is 4.79 Å². The third kappa shape index (κ3) is 4.54. The second-order valence-electron chi connectivity index (χ2n) is 5.26. The zero-order valence-corrected chi connectivity index (χ0v) is 13.6. The van der Waals surface area contributed by atoms with Crippen LogP contribution in [0.25, 0.3) is 0 Å². The van der Waals surface area contributed by atoms with E-state index in [-0.39, 0.29) is 25.3 Å². The molecule has 118 valence electrons. The molecule has 0 amide bonds. The van der Waals surface area contributed by atoms with Crippen LogP contribution >= 0.6 is 0 Å². The molecule has 0 aliphatic heterocycles. The molecule has 6 heteroatoms. The topological polar surface area (TPSA) is 86.5 Å². The molecule has 2 N–H and O–H groups in total. The van der Waals surface area contributed by atoms with Gasteiger partial charge in [0.2, 0.25) is 0 Å². The number of sulfone groups is 1. The van der Waals surface area contributed by atoms with Gasteiger partial charge in [-0.2, -0.15) is 0 Å². The first kappa shape index (κ1) is 17.7. The summed E-state index contributed by atoms with van der Waals surface area (Å²) in [5.74, 6) is -0.585. The number of carbonyl (C=O) groups is 1. The number of ether oxygens (including phenoxy) is 1. The molecule has 1 aromatic carbocycles. The van der Waals surface area contributed by atoms with Crippen LogP contribution in [0.5, 0.6) is 0 Å². The Kier molecular flexibility index (Phi) is 5.92. The first-order valence-electron chi connectivity index (χ1n) is 6.87. The molecule has 1 rings (SSSR count). The fourth-order valence-electron chi connectivity index (χ4n) is 2.24. The molecule has 0 spiro atoms. The van der Waals surface area contributed by atoms with Crippen molar-refractivity contribution in [1.29, 1.82) is 0 Å². The fraction of sp³-hybridized carbons (Fsp3) is 0.533. The SMILES string of the molecule is CCOC(=O)C(CN)(CCS(C)(=O)=O)c1cccc(C)c1. The van der Waals surface area contributed by atoms with Crippen molar-refractivity contribution in [3.8, 4) is 0 Å². The Hall–Kier alpha value is -1.40. The van der Waals surface area contributed by atoms with Gasteiger partial charge in [0.15, 0.2) is 0 Å². The second kappa shape index (κ2) is 7.04. The normalized spacial score (nSPS) is 14.5. The van der Waals surface area contributed by atoms with Gasteiger partial charge in [-0.05, 0) is 25.8 Å². The average molecular weight is 313 g/mol. The monoisotopic (exact) mass is 313 g/mol. The van der Waals surface area contributed by atoms with E-state index in [0.29, 0.717) is 5.56 Å². The summed E-state index contributed by atoms with van der Waals surface area (Å²) in [7, 11) is -3.20. The number of esters is 1. The molecule has 0 aliphatic carbocycles. The Morgan fingerprint density at radius 3 is 2.52 bits per heavy atom. The van der Waals surface area contributed by atoms with Crippen LogP contribution < -0.4 is 5.73 Å². The van der Waals surface area contributed by atoms with Crippen molar-refractivity contribution < 1.29 is 17.9 Å². The average Bonchev–Trinajstić information content (AvgIpc) is 2.39. The molecule has 1 aromatic rings. The number of benzene rings is 1. The number of hydrogen-bond donors (Lipinski definition) is 1. The van der Waals surface area contributed by atoms with Gasteiger partial charge < -0.3 is 10.5 Å². The molecule has 0 saturated carbocycles. The van der Waals surface area contributed by atoms with Crippen LogP contribution in [0, 0.1) is 6.92 Å². The highest BCUT2D eigenvalue weighted by Crippen LogP contribution is 2.30. The maximum Gasteiger partial charge on any atom is 0.317 e. The van der Waals surface area contributed by atoms with Crippen molar-refractivity contribution in [3.63, 3.8) is 0 Å². The van der Waals surface area contributed by atoms with E-state index in [0.717, 1.165) is 11.8 Å². The molecule has 0 aromatic heterocycles. The third-order valence-electron chi connectivity index (χ3n) is 3.48. The second-order valence-corrected chi connectivity index (χ2v) is 7.52. The standard InChI is InChI=1S/C15H23NO4S/c1-4-20-14(17)15(11-16,8-9-21(3,18)19)13-7-5-6-12(2)10-13/h5-7,10H,4,8-9,11,16H2,1-3H3. The summed E-state index contributed by atoms with van der Waals surface area (Å²) < 4.78 is 28.1. The molecule has 0 bridgehead atoms. The molecular formula is C15H23NO4S. The highest BCUT2D eigenvalue weighted by Gasteiger charge is 2.41. The van der Waals surface area contributed by atoms with Crippen molar-refractivity contribution >= 4 is 15.8 Å². The van der Waals surface area contributed by atoms with E-state index < -0.39 is 21.2 Å². The van der Waals surface area contributed by atoms with Crippen LogP contribution in [0.15, 0.2) is 24.3 Å². The minimum Gasteiger partial charge on any atom is -0.465 e. The minimum absolute atomic E-state index is 0.00477. The summed E-state index contributed by atoms with van der Waals surface area (Å²) >= 11 is 0. The van der Waals surface area contributed by atoms with Crippen LogP contribution in [-0.4, -0.2) is 39.5 Å². The molecule has 0 fully saturated rings. The van der Waals surface area contributed by atoms with E-state index in [1.165, 1.54) is 0 Å². The van der Waals surface area contributed by atoms with Gasteiger partial charge in [-0.15, -0.1) is 0 Å². The highest BCUT2D eigenvalue weighted by molar-refractivity contribution is 7.90. The van der Waals surface area contributed by atoms with Crippen LogP contribution in [0.1, 0.15) is 24.5 Å². The zero-order chi connectivity index (χ0) is 16.1. The lowest BCUT2D eigenvalue weighted by Crippen LogP contribution is -2.45. The minimum atomic E-state index is -3.20. The molecule has 0 saturated heterocycles. The Morgan fingerprint density at radius 1 is 1.38 bits per heavy atom. The smallest absolute Gasteiger partial charge is 0.317 e. The quantitative estimate of drug-likeness (QED) is 0.764. The van der Waals surface area contributed by atoms with Crippen LogP contribution in [0.4, 0.5) is 0 Å². The maximum absolute atomic E-state index is 12.4. The largest absolute Gasteiger partial charge is 0.465 e. The Balaban J connectivity index is 3.28. The zero-order valence-electron chi connectivity index (χ0n) is 12.8. The van der Waals surface area contributed by atoms with Crippen molar-refractivity contribution in [2.75, 3.05) is 25.2 Å². The molecule has 1 unspecified atom stereocenters. The Morgan fingerprint density at radius 2 is 2.05 bits per heavy atom. The summed E-state index contributed by atoms with van der Waals surface area (Å²) in [6.07, 6.45) is 1.26. The number of nitrogens with two attached hydrogens (primary N) is 1. The van der Waals surface area contributed by atoms with Crippen molar-refractivity contribution in [2.24, 2.45) is 5.73 Å². The molecule has 21 heavy (non-hydrogen) atoms. The number of rotatable bonds is 7. The summed E-state index contributed by atoms with van der Waals surface area (Å²) in [5.41, 5.74) is 6.42. The van der Waals surface area contributed by atoms with Gasteiger partial charge in [-0.1, -0.05) is 29.8 Å². The lowest BCUT2D eigenvalue weighted by atomic mass is 9.77. The first-order valence-corrected chi connectivity index (χ1v) is 8.93. The third-order valence-corrected chi connectivity index (χ3v) is 4.43. The van der Waals surface area contributed by atoms with E-state index in [9.17, 15) is 13.2 Å². The van der Waals surface area contributed by atoms with Crippen molar-refractivity contribution in [3.05, 3.63) is 35.4 Å².